The van der Waals surface area contributed by atoms with Gasteiger partial charge in [0.2, 0.25) is 0 Å². The molecule has 11 nitrogen and oxygen atoms in total. The Morgan fingerprint density at radius 3 is 0.757 bits per heavy atom. The summed E-state index contributed by atoms with van der Waals surface area (Å²) in [6, 6.07) is 0. The zero-order valence-corrected chi connectivity index (χ0v) is 23.4. The minimum atomic E-state index is -1.78. The van der Waals surface area contributed by atoms with Gasteiger partial charge in [-0.1, -0.05) is 69.2 Å². The SMILES string of the molecule is CC(C)C(=O)OC1[C@@H](OC(=O)C(C)C)[C@H](OC(=O)C(C)C)C(O)[C@H](OC(=O)C(C)C)[C@H]1OC(=O)C(C)C. The van der Waals surface area contributed by atoms with Gasteiger partial charge < -0.3 is 28.8 Å². The van der Waals surface area contributed by atoms with Crippen molar-refractivity contribution in [3.8, 4) is 0 Å². The third-order valence-electron chi connectivity index (χ3n) is 5.59. The first-order valence-electron chi connectivity index (χ1n) is 12.7. The summed E-state index contributed by atoms with van der Waals surface area (Å²) in [7, 11) is 0. The normalized spacial score (nSPS) is 25.8. The van der Waals surface area contributed by atoms with E-state index in [-0.39, 0.29) is 0 Å². The van der Waals surface area contributed by atoms with Gasteiger partial charge in [0.1, 0.15) is 6.10 Å². The van der Waals surface area contributed by atoms with Crippen molar-refractivity contribution < 1.29 is 52.8 Å². The van der Waals surface area contributed by atoms with Gasteiger partial charge in [0.25, 0.3) is 0 Å². The van der Waals surface area contributed by atoms with Gasteiger partial charge in [-0.25, -0.2) is 0 Å². The van der Waals surface area contributed by atoms with Crippen LogP contribution in [0.25, 0.3) is 0 Å². The molecule has 1 saturated carbocycles. The minimum Gasteiger partial charge on any atom is -0.455 e. The molecule has 0 radical (unpaired) electrons. The van der Waals surface area contributed by atoms with E-state index in [0.717, 1.165) is 0 Å². The van der Waals surface area contributed by atoms with Crippen molar-refractivity contribution in [1.29, 1.82) is 0 Å². The van der Waals surface area contributed by atoms with Crippen LogP contribution >= 0.6 is 0 Å². The van der Waals surface area contributed by atoms with Crippen LogP contribution in [0.15, 0.2) is 0 Å². The Balaban J connectivity index is 3.76. The highest BCUT2D eigenvalue weighted by Crippen LogP contribution is 2.34. The monoisotopic (exact) mass is 530 g/mol. The molecule has 212 valence electrons. The molecule has 0 aromatic rings. The number of hydrogen-bond donors (Lipinski definition) is 1. The lowest BCUT2D eigenvalue weighted by Crippen LogP contribution is -2.68. The standard InChI is InChI=1S/C26H42O11/c1-11(2)22(28)33-17-16(27)18(34-23(29)12(3)4)20(36-25(31)14(7)8)21(37-26(32)15(9)10)19(17)35-24(30)13(5)6/h11-21,27H,1-10H3/t16?,17-,18+,19+,20-,21?. The first kappa shape index (κ1) is 32.3. The lowest BCUT2D eigenvalue weighted by atomic mass is 9.83. The van der Waals surface area contributed by atoms with Crippen molar-refractivity contribution in [1.82, 2.24) is 0 Å². The van der Waals surface area contributed by atoms with Crippen LogP contribution in [0.1, 0.15) is 69.2 Å². The number of esters is 5. The fourth-order valence-corrected chi connectivity index (χ4v) is 3.16. The van der Waals surface area contributed by atoms with Gasteiger partial charge in [0.05, 0.1) is 29.6 Å². The predicted octanol–water partition coefficient (Wildman–Crippen LogP) is 2.20. The summed E-state index contributed by atoms with van der Waals surface area (Å²) < 4.78 is 27.9. The van der Waals surface area contributed by atoms with E-state index in [0.29, 0.717) is 0 Å². The second kappa shape index (κ2) is 13.7. The zero-order chi connectivity index (χ0) is 28.8. The molecule has 2 unspecified atom stereocenters. The van der Waals surface area contributed by atoms with E-state index >= 15 is 0 Å². The molecular formula is C26H42O11. The number of ether oxygens (including phenoxy) is 5. The van der Waals surface area contributed by atoms with Crippen LogP contribution in [0, 0.1) is 29.6 Å². The molecule has 1 N–H and O–H groups in total. The smallest absolute Gasteiger partial charge is 0.308 e. The van der Waals surface area contributed by atoms with Gasteiger partial charge in [0.15, 0.2) is 30.5 Å². The Kier molecular flexibility index (Phi) is 12.0. The van der Waals surface area contributed by atoms with Crippen LogP contribution in [0.2, 0.25) is 0 Å². The van der Waals surface area contributed by atoms with Crippen LogP contribution < -0.4 is 0 Å². The van der Waals surface area contributed by atoms with Crippen molar-refractivity contribution >= 4 is 29.8 Å². The average molecular weight is 531 g/mol. The van der Waals surface area contributed by atoms with Crippen LogP contribution in [-0.2, 0) is 47.7 Å². The van der Waals surface area contributed by atoms with E-state index in [2.05, 4.69) is 0 Å². The minimum absolute atomic E-state index is 0.626. The van der Waals surface area contributed by atoms with Gasteiger partial charge >= 0.3 is 29.8 Å². The maximum Gasteiger partial charge on any atom is 0.308 e. The highest BCUT2D eigenvalue weighted by molar-refractivity contribution is 5.75. The molecule has 37 heavy (non-hydrogen) atoms. The summed E-state index contributed by atoms with van der Waals surface area (Å²) in [5.74, 6) is -6.84. The molecule has 6 atom stereocenters. The Morgan fingerprint density at radius 2 is 0.568 bits per heavy atom. The lowest BCUT2D eigenvalue weighted by molar-refractivity contribution is -0.260. The van der Waals surface area contributed by atoms with Crippen LogP contribution in [-0.4, -0.2) is 71.6 Å². The van der Waals surface area contributed by atoms with E-state index < -0.39 is 96.1 Å². The fourth-order valence-electron chi connectivity index (χ4n) is 3.16. The highest BCUT2D eigenvalue weighted by Gasteiger charge is 2.59. The molecule has 11 heteroatoms. The van der Waals surface area contributed by atoms with Crippen molar-refractivity contribution in [3.05, 3.63) is 0 Å². The molecule has 1 aliphatic rings. The molecule has 0 bridgehead atoms. The summed E-state index contributed by atoms with van der Waals surface area (Å²) in [6.45, 7) is 15.6. The van der Waals surface area contributed by atoms with Gasteiger partial charge in [-0.05, 0) is 0 Å². The summed E-state index contributed by atoms with van der Waals surface area (Å²) in [5.41, 5.74) is 0. The Morgan fingerprint density at radius 1 is 0.405 bits per heavy atom. The van der Waals surface area contributed by atoms with Gasteiger partial charge in [0, 0.05) is 0 Å². The van der Waals surface area contributed by atoms with E-state index in [1.54, 1.807) is 69.2 Å². The second-order valence-corrected chi connectivity index (χ2v) is 10.8. The average Bonchev–Trinajstić information content (AvgIpc) is 2.79. The quantitative estimate of drug-likeness (QED) is 0.327. The molecule has 1 rings (SSSR count). The van der Waals surface area contributed by atoms with E-state index in [1.165, 1.54) is 0 Å². The van der Waals surface area contributed by atoms with Gasteiger partial charge in [-0.15, -0.1) is 0 Å². The fraction of sp³-hybridized carbons (Fsp3) is 0.808. The third-order valence-corrected chi connectivity index (χ3v) is 5.59. The maximum absolute atomic E-state index is 12.7. The lowest BCUT2D eigenvalue weighted by Gasteiger charge is -2.46. The van der Waals surface area contributed by atoms with Crippen molar-refractivity contribution in [2.45, 2.75) is 106 Å². The molecule has 1 fully saturated rings. The molecule has 0 heterocycles. The van der Waals surface area contributed by atoms with E-state index in [1.807, 2.05) is 0 Å². The maximum atomic E-state index is 12.7. The number of carbonyl (C=O) groups excluding carboxylic acids is 5. The number of aliphatic hydroxyl groups excluding tert-OH is 1. The van der Waals surface area contributed by atoms with E-state index in [4.69, 9.17) is 23.7 Å². The summed E-state index contributed by atoms with van der Waals surface area (Å²) in [5, 5.41) is 11.3. The zero-order valence-electron chi connectivity index (χ0n) is 23.4. The molecule has 0 aromatic carbocycles. The van der Waals surface area contributed by atoms with Crippen molar-refractivity contribution in [3.63, 3.8) is 0 Å². The van der Waals surface area contributed by atoms with E-state index in [9.17, 15) is 29.1 Å². The second-order valence-electron chi connectivity index (χ2n) is 10.8. The molecule has 0 aromatic heterocycles. The first-order valence-corrected chi connectivity index (χ1v) is 12.7. The molecular weight excluding hydrogens is 488 g/mol. The third kappa shape index (κ3) is 8.69. The Bertz CT molecular complexity index is 774. The van der Waals surface area contributed by atoms with Crippen molar-refractivity contribution in [2.75, 3.05) is 0 Å². The topological polar surface area (TPSA) is 152 Å². The highest BCUT2D eigenvalue weighted by atomic mass is 16.7. The van der Waals surface area contributed by atoms with Gasteiger partial charge in [-0.2, -0.15) is 0 Å². The van der Waals surface area contributed by atoms with Crippen LogP contribution in [0.3, 0.4) is 0 Å². The number of hydrogen-bond acceptors (Lipinski definition) is 11. The first-order chi connectivity index (χ1) is 17.0. The van der Waals surface area contributed by atoms with Crippen LogP contribution in [0.5, 0.6) is 0 Å². The number of rotatable bonds is 10. The molecule has 1 aliphatic carbocycles. The Hall–Kier alpha value is -2.69. The Labute approximate surface area is 218 Å². The largest absolute Gasteiger partial charge is 0.455 e. The van der Waals surface area contributed by atoms with Crippen molar-refractivity contribution in [2.24, 2.45) is 29.6 Å². The molecule has 0 amide bonds. The molecule has 0 spiro atoms. The van der Waals surface area contributed by atoms with Gasteiger partial charge in [-0.3, -0.25) is 24.0 Å². The van der Waals surface area contributed by atoms with Crippen LogP contribution in [0.4, 0.5) is 0 Å². The summed E-state index contributed by atoms with van der Waals surface area (Å²) >= 11 is 0. The summed E-state index contributed by atoms with van der Waals surface area (Å²) in [4.78, 5) is 63.2. The molecule has 0 aliphatic heterocycles. The molecule has 0 saturated heterocycles. The number of carbonyl (C=O) groups is 5. The predicted molar refractivity (Wildman–Crippen MR) is 130 cm³/mol. The summed E-state index contributed by atoms with van der Waals surface area (Å²) in [6.07, 6.45) is -9.65. The number of aliphatic hydroxyl groups is 1.